The highest BCUT2D eigenvalue weighted by Crippen LogP contribution is 2.05. The molecule has 0 saturated carbocycles. The van der Waals surface area contributed by atoms with Crippen molar-refractivity contribution in [3.8, 4) is 0 Å². The Hall–Kier alpha value is -0.950. The number of hydrogen-bond donors (Lipinski definition) is 0. The Balaban J connectivity index is 2.92. The van der Waals surface area contributed by atoms with E-state index in [4.69, 9.17) is 4.74 Å². The van der Waals surface area contributed by atoms with Crippen molar-refractivity contribution < 1.29 is 14.6 Å². The number of nitrogens with zero attached hydrogens (tertiary/aromatic N) is 3. The molecule has 0 fully saturated rings. The number of carbonyl (C=O) groups is 1. The van der Waals surface area contributed by atoms with E-state index in [2.05, 4.69) is 26.0 Å². The second-order valence-corrected chi connectivity index (χ2v) is 2.62. The monoisotopic (exact) mass is 234 g/mol. The summed E-state index contributed by atoms with van der Waals surface area (Å²) in [5.41, 5.74) is 0. The lowest BCUT2D eigenvalue weighted by molar-refractivity contribution is -0.256. The van der Waals surface area contributed by atoms with Crippen LogP contribution in [0.5, 0.6) is 0 Å². The topological polar surface area (TPSA) is 80.1 Å². The predicted octanol–water partition coefficient (Wildman–Crippen LogP) is -0.992. The third-order valence-corrected chi connectivity index (χ3v) is 1.65. The molecule has 0 aliphatic rings. The lowest BCUT2D eigenvalue weighted by Crippen LogP contribution is -2.24. The molecule has 0 radical (unpaired) electrons. The lowest BCUT2D eigenvalue weighted by Gasteiger charge is -1.97. The first-order valence-electron chi connectivity index (χ1n) is 2.95. The van der Waals surface area contributed by atoms with Crippen LogP contribution in [0.3, 0.4) is 0 Å². The van der Waals surface area contributed by atoms with Crippen molar-refractivity contribution in [3.05, 3.63) is 10.6 Å². The Bertz CT molecular complexity index is 298. The standard InChI is InChI=1S/C5H6BrN3O3/c1-12-2-9-5(6)7-3(8-9)4(10)11/h2H2,1H3,(H,10,11)/p-1. The Labute approximate surface area is 76.3 Å². The molecule has 66 valence electrons. The molecule has 7 heteroatoms. The number of ether oxygens (including phenoxy) is 1. The minimum atomic E-state index is -1.41. The van der Waals surface area contributed by atoms with Crippen LogP contribution in [-0.4, -0.2) is 27.8 Å². The van der Waals surface area contributed by atoms with Crippen LogP contribution < -0.4 is 5.11 Å². The Morgan fingerprint density at radius 3 is 2.92 bits per heavy atom. The molecule has 1 heterocycles. The summed E-state index contributed by atoms with van der Waals surface area (Å²) < 4.78 is 6.27. The second kappa shape index (κ2) is 3.63. The van der Waals surface area contributed by atoms with Crippen molar-refractivity contribution >= 4 is 21.9 Å². The van der Waals surface area contributed by atoms with Gasteiger partial charge in [0.25, 0.3) is 0 Å². The van der Waals surface area contributed by atoms with Gasteiger partial charge in [-0.1, -0.05) is 0 Å². The molecular weight excluding hydrogens is 230 g/mol. The molecule has 1 aromatic rings. The van der Waals surface area contributed by atoms with Gasteiger partial charge in [-0.3, -0.25) is 0 Å². The number of methoxy groups -OCH3 is 1. The van der Waals surface area contributed by atoms with Crippen molar-refractivity contribution in [3.63, 3.8) is 0 Å². The maximum atomic E-state index is 10.3. The summed E-state index contributed by atoms with van der Waals surface area (Å²) in [6, 6.07) is 0. The van der Waals surface area contributed by atoms with Crippen LogP contribution in [0.1, 0.15) is 10.6 Å². The van der Waals surface area contributed by atoms with Crippen LogP contribution >= 0.6 is 15.9 Å². The number of hydrogen-bond acceptors (Lipinski definition) is 5. The molecule has 0 saturated heterocycles. The van der Waals surface area contributed by atoms with Crippen LogP contribution in [0.4, 0.5) is 0 Å². The Morgan fingerprint density at radius 2 is 2.50 bits per heavy atom. The van der Waals surface area contributed by atoms with Gasteiger partial charge in [-0.2, -0.15) is 4.98 Å². The summed E-state index contributed by atoms with van der Waals surface area (Å²) in [4.78, 5) is 13.8. The quantitative estimate of drug-likeness (QED) is 0.671. The molecule has 0 atom stereocenters. The van der Waals surface area contributed by atoms with Gasteiger partial charge in [-0.15, -0.1) is 5.10 Å². The van der Waals surface area contributed by atoms with E-state index in [-0.39, 0.29) is 12.6 Å². The molecule has 1 aromatic heterocycles. The minimum Gasteiger partial charge on any atom is -0.541 e. The molecule has 0 N–H and O–H groups in total. The van der Waals surface area contributed by atoms with Crippen LogP contribution in [0.15, 0.2) is 4.73 Å². The van der Waals surface area contributed by atoms with Crippen molar-refractivity contribution in [2.45, 2.75) is 6.73 Å². The molecule has 1 rings (SSSR count). The molecule has 0 unspecified atom stereocenters. The van der Waals surface area contributed by atoms with Crippen molar-refractivity contribution in [2.75, 3.05) is 7.11 Å². The molecule has 0 aliphatic carbocycles. The highest BCUT2D eigenvalue weighted by molar-refractivity contribution is 9.10. The fraction of sp³-hybridized carbons (Fsp3) is 0.400. The van der Waals surface area contributed by atoms with Crippen LogP contribution in [0, 0.1) is 0 Å². The average Bonchev–Trinajstić information content (AvgIpc) is 2.34. The van der Waals surface area contributed by atoms with Gasteiger partial charge in [0.2, 0.25) is 0 Å². The summed E-state index contributed by atoms with van der Waals surface area (Å²) in [5, 5.41) is 13.8. The van der Waals surface area contributed by atoms with E-state index >= 15 is 0 Å². The zero-order chi connectivity index (χ0) is 9.14. The average molecular weight is 235 g/mol. The summed E-state index contributed by atoms with van der Waals surface area (Å²) in [7, 11) is 1.47. The fourth-order valence-electron chi connectivity index (χ4n) is 0.614. The zero-order valence-electron chi connectivity index (χ0n) is 6.15. The number of aromatic nitrogens is 3. The van der Waals surface area contributed by atoms with Gasteiger partial charge in [0, 0.05) is 7.11 Å². The second-order valence-electron chi connectivity index (χ2n) is 1.91. The van der Waals surface area contributed by atoms with E-state index in [1.165, 1.54) is 11.8 Å². The highest BCUT2D eigenvalue weighted by Gasteiger charge is 2.06. The molecule has 6 nitrogen and oxygen atoms in total. The van der Waals surface area contributed by atoms with Crippen LogP contribution in [0.2, 0.25) is 0 Å². The summed E-state index contributed by atoms with van der Waals surface area (Å²) in [6.07, 6.45) is 0. The molecule has 0 aliphatic heterocycles. The number of halogens is 1. The summed E-state index contributed by atoms with van der Waals surface area (Å²) >= 11 is 3.00. The van der Waals surface area contributed by atoms with E-state index < -0.39 is 5.97 Å². The molecule has 0 amide bonds. The van der Waals surface area contributed by atoms with Gasteiger partial charge in [0.1, 0.15) is 12.7 Å². The van der Waals surface area contributed by atoms with Gasteiger partial charge >= 0.3 is 0 Å². The molecule has 0 aromatic carbocycles. The lowest BCUT2D eigenvalue weighted by atomic mass is 10.7. The summed E-state index contributed by atoms with van der Waals surface area (Å²) in [5.74, 6) is -1.77. The van der Waals surface area contributed by atoms with E-state index in [0.29, 0.717) is 4.73 Å². The number of aromatic carboxylic acids is 1. The maximum absolute atomic E-state index is 10.3. The third kappa shape index (κ3) is 1.80. The maximum Gasteiger partial charge on any atom is 0.197 e. The number of rotatable bonds is 3. The van der Waals surface area contributed by atoms with E-state index in [1.54, 1.807) is 0 Å². The highest BCUT2D eigenvalue weighted by atomic mass is 79.9. The van der Waals surface area contributed by atoms with Crippen molar-refractivity contribution in [1.82, 2.24) is 14.8 Å². The van der Waals surface area contributed by atoms with E-state index in [0.717, 1.165) is 0 Å². The van der Waals surface area contributed by atoms with Crippen LogP contribution in [0.25, 0.3) is 0 Å². The molecule has 0 bridgehead atoms. The Kier molecular flexibility index (Phi) is 2.77. The molecular formula is C5H5BrN3O3-. The van der Waals surface area contributed by atoms with Gasteiger partial charge in [-0.25, -0.2) is 4.68 Å². The third-order valence-electron chi connectivity index (χ3n) is 1.06. The van der Waals surface area contributed by atoms with Crippen LogP contribution in [-0.2, 0) is 11.5 Å². The normalized spacial score (nSPS) is 10.2. The summed E-state index contributed by atoms with van der Waals surface area (Å²) in [6.45, 7) is 0.140. The fourth-order valence-corrected chi connectivity index (χ4v) is 0.964. The van der Waals surface area contributed by atoms with E-state index in [9.17, 15) is 9.90 Å². The van der Waals surface area contributed by atoms with Crippen molar-refractivity contribution in [2.24, 2.45) is 0 Å². The Morgan fingerprint density at radius 1 is 1.83 bits per heavy atom. The SMILES string of the molecule is COCn1nc(C(=O)[O-])nc1Br. The first-order chi connectivity index (χ1) is 5.65. The zero-order valence-corrected chi connectivity index (χ0v) is 7.74. The number of carbonyl (C=O) groups excluding carboxylic acids is 1. The van der Waals surface area contributed by atoms with Gasteiger partial charge < -0.3 is 14.6 Å². The van der Waals surface area contributed by atoms with Gasteiger partial charge in [-0.05, 0) is 15.9 Å². The van der Waals surface area contributed by atoms with Gasteiger partial charge in [0.05, 0.1) is 0 Å². The predicted molar refractivity (Wildman–Crippen MR) is 39.1 cm³/mol. The first-order valence-corrected chi connectivity index (χ1v) is 3.75. The van der Waals surface area contributed by atoms with Crippen molar-refractivity contribution in [1.29, 1.82) is 0 Å². The number of carboxylic acid groups (broad SMARTS) is 1. The first kappa shape index (κ1) is 9.14. The number of carboxylic acids is 1. The smallest absolute Gasteiger partial charge is 0.197 e. The van der Waals surface area contributed by atoms with Gasteiger partial charge in [0.15, 0.2) is 10.6 Å². The molecule has 0 spiro atoms. The van der Waals surface area contributed by atoms with E-state index in [1.807, 2.05) is 0 Å². The molecule has 12 heavy (non-hydrogen) atoms. The minimum absolute atomic E-state index is 0.140. The largest absolute Gasteiger partial charge is 0.541 e.